The number of amides is 5. The first-order valence-corrected chi connectivity index (χ1v) is 22.1. The van der Waals surface area contributed by atoms with Crippen LogP contribution in [0.2, 0.25) is 0 Å². The van der Waals surface area contributed by atoms with Gasteiger partial charge in [-0.2, -0.15) is 0 Å². The van der Waals surface area contributed by atoms with E-state index in [1.165, 1.54) is 5.56 Å². The number of piperazine rings is 1. The van der Waals surface area contributed by atoms with Crippen molar-refractivity contribution in [3.05, 3.63) is 89.5 Å². The van der Waals surface area contributed by atoms with Crippen LogP contribution in [0.3, 0.4) is 0 Å². The summed E-state index contributed by atoms with van der Waals surface area (Å²) in [7, 11) is 0. The molecule has 5 N–H and O–H groups in total. The average molecular weight is 858 g/mol. The van der Waals surface area contributed by atoms with Crippen molar-refractivity contribution in [1.29, 1.82) is 0 Å². The van der Waals surface area contributed by atoms with Gasteiger partial charge in [-0.05, 0) is 67.3 Å². The molecule has 3 saturated heterocycles. The minimum absolute atomic E-state index is 0.0147. The number of rotatable bonds is 18. The first kappa shape index (κ1) is 43.1. The number of ether oxygens (including phenoxy) is 1. The summed E-state index contributed by atoms with van der Waals surface area (Å²) in [5.74, 6) is -0.494. The van der Waals surface area contributed by atoms with Crippen molar-refractivity contribution in [2.24, 2.45) is 0 Å². The van der Waals surface area contributed by atoms with Gasteiger partial charge >= 0.3 is 0 Å². The lowest BCUT2D eigenvalue weighted by Gasteiger charge is -2.40. The predicted octanol–water partition coefficient (Wildman–Crippen LogP) is 4.98. The monoisotopic (exact) mass is 857 g/mol. The first-order valence-electron chi connectivity index (χ1n) is 22.1. The molecule has 3 aromatic carbocycles. The van der Waals surface area contributed by atoms with Crippen LogP contribution < -0.4 is 26.0 Å². The van der Waals surface area contributed by atoms with E-state index in [4.69, 9.17) is 10.5 Å². The van der Waals surface area contributed by atoms with Crippen LogP contribution in [0, 0.1) is 0 Å². The van der Waals surface area contributed by atoms with E-state index in [0.29, 0.717) is 48.8 Å². The van der Waals surface area contributed by atoms with Gasteiger partial charge in [0.1, 0.15) is 23.6 Å². The molecule has 1 atom stereocenters. The van der Waals surface area contributed by atoms with Crippen LogP contribution in [-0.4, -0.2) is 117 Å². The smallest absolute Gasteiger partial charge is 0.264 e. The minimum atomic E-state index is -0.984. The Kier molecular flexibility index (Phi) is 13.5. The molecule has 63 heavy (non-hydrogen) atoms. The van der Waals surface area contributed by atoms with Gasteiger partial charge in [-0.15, -0.1) is 10.2 Å². The Morgan fingerprint density at radius 2 is 1.54 bits per heavy atom. The van der Waals surface area contributed by atoms with Crippen LogP contribution in [-0.2, 0) is 20.9 Å². The number of hydrogen-bond donors (Lipinski definition) is 4. The molecule has 16 nitrogen and oxygen atoms in total. The standard InChI is InChI=1S/C47H55N9O7/c48-44-39(27-37(51-52-44)34-11-7-8-14-40(34)57)55-29-33(30-55)63-32-18-16-31(17-19-32)28-53-23-25-54(26-24-53)42(59)15-6-4-2-1-3-5-9-22-49-36-13-10-12-35-43(36)47(62)56(46(35)61)38-20-21-41(58)50-45(38)60/h7-8,10-14,16-19,27,33,38,49,57H,1-6,9,15,20-26,28-30H2,(H2,48,52)(H,50,58,60). The number of carbonyl (C=O) groups is 5. The van der Waals surface area contributed by atoms with E-state index >= 15 is 0 Å². The lowest BCUT2D eigenvalue weighted by Crippen LogP contribution is -2.54. The topological polar surface area (TPSA) is 204 Å². The number of aromatic hydroxyl groups is 1. The zero-order chi connectivity index (χ0) is 43.9. The van der Waals surface area contributed by atoms with Gasteiger partial charge in [0.25, 0.3) is 11.8 Å². The molecule has 0 aliphatic carbocycles. The molecule has 8 rings (SSSR count). The molecule has 1 unspecified atom stereocenters. The summed E-state index contributed by atoms with van der Waals surface area (Å²) in [6, 6.07) is 21.2. The number of piperidine rings is 1. The number of phenolic OH excluding ortho intramolecular Hbond substituents is 1. The highest BCUT2D eigenvalue weighted by Gasteiger charge is 2.45. The maximum Gasteiger partial charge on any atom is 0.264 e. The first-order chi connectivity index (χ1) is 30.6. The van der Waals surface area contributed by atoms with E-state index in [1.54, 1.807) is 36.4 Å². The normalized spacial score (nSPS) is 18.0. The van der Waals surface area contributed by atoms with Crippen molar-refractivity contribution in [3.8, 4) is 22.8 Å². The number of aromatic nitrogens is 2. The second kappa shape index (κ2) is 19.7. The van der Waals surface area contributed by atoms with Crippen LogP contribution in [0.4, 0.5) is 17.2 Å². The number of nitrogen functional groups attached to an aromatic ring is 1. The lowest BCUT2D eigenvalue weighted by molar-refractivity contribution is -0.136. The number of nitrogens with zero attached hydrogens (tertiary/aromatic N) is 6. The van der Waals surface area contributed by atoms with Crippen LogP contribution in [0.25, 0.3) is 11.3 Å². The highest BCUT2D eigenvalue weighted by molar-refractivity contribution is 6.25. The van der Waals surface area contributed by atoms with Gasteiger partial charge in [-0.1, -0.05) is 62.4 Å². The van der Waals surface area contributed by atoms with E-state index in [2.05, 4.69) is 42.8 Å². The molecule has 0 saturated carbocycles. The highest BCUT2D eigenvalue weighted by atomic mass is 16.5. The maximum absolute atomic E-state index is 13.3. The van der Waals surface area contributed by atoms with Gasteiger partial charge in [0.2, 0.25) is 17.7 Å². The van der Waals surface area contributed by atoms with Crippen molar-refractivity contribution in [1.82, 2.24) is 30.2 Å². The molecule has 330 valence electrons. The van der Waals surface area contributed by atoms with Crippen molar-refractivity contribution in [2.75, 3.05) is 61.8 Å². The summed E-state index contributed by atoms with van der Waals surface area (Å²) >= 11 is 0. The lowest BCUT2D eigenvalue weighted by atomic mass is 10.0. The zero-order valence-electron chi connectivity index (χ0n) is 35.5. The predicted molar refractivity (Wildman–Crippen MR) is 237 cm³/mol. The molecule has 1 aromatic heterocycles. The molecular weight excluding hydrogens is 803 g/mol. The van der Waals surface area contributed by atoms with Crippen LogP contribution in [0.1, 0.15) is 90.5 Å². The zero-order valence-corrected chi connectivity index (χ0v) is 35.5. The van der Waals surface area contributed by atoms with E-state index in [0.717, 1.165) is 94.0 Å². The molecule has 4 aliphatic heterocycles. The van der Waals surface area contributed by atoms with Gasteiger partial charge in [-0.3, -0.25) is 39.1 Å². The van der Waals surface area contributed by atoms with Gasteiger partial charge < -0.3 is 30.7 Å². The fourth-order valence-electron chi connectivity index (χ4n) is 8.78. The maximum atomic E-state index is 13.3. The van der Waals surface area contributed by atoms with Gasteiger partial charge in [0.05, 0.1) is 35.6 Å². The number of fused-ring (bicyclic) bond motifs is 1. The highest BCUT2D eigenvalue weighted by Crippen LogP contribution is 2.35. The van der Waals surface area contributed by atoms with E-state index in [-0.39, 0.29) is 41.7 Å². The third kappa shape index (κ3) is 10.1. The molecule has 3 fully saturated rings. The number of imide groups is 2. The molecule has 0 spiro atoms. The van der Waals surface area contributed by atoms with E-state index < -0.39 is 29.7 Å². The summed E-state index contributed by atoms with van der Waals surface area (Å²) in [4.78, 5) is 70.8. The quantitative estimate of drug-likeness (QED) is 0.0772. The molecule has 0 radical (unpaired) electrons. The number of nitrogens with two attached hydrogens (primary N) is 1. The number of carbonyl (C=O) groups excluding carboxylic acids is 5. The Balaban J connectivity index is 0.663. The van der Waals surface area contributed by atoms with Crippen LogP contribution in [0.5, 0.6) is 11.5 Å². The number of phenols is 1. The van der Waals surface area contributed by atoms with Crippen molar-refractivity contribution in [3.63, 3.8) is 0 Å². The summed E-state index contributed by atoms with van der Waals surface area (Å²) in [6.45, 7) is 5.97. The molecule has 16 heteroatoms. The Morgan fingerprint density at radius 1 is 0.825 bits per heavy atom. The summed E-state index contributed by atoms with van der Waals surface area (Å²) < 4.78 is 6.24. The van der Waals surface area contributed by atoms with Gasteiger partial charge in [0.15, 0.2) is 5.82 Å². The van der Waals surface area contributed by atoms with Crippen LogP contribution >= 0.6 is 0 Å². The number of nitrogens with one attached hydrogen (secondary N) is 2. The van der Waals surface area contributed by atoms with Crippen LogP contribution in [0.15, 0.2) is 72.8 Å². The molecular formula is C47H55N9O7. The fraction of sp³-hybridized carbons (Fsp3) is 0.426. The number of unbranched alkanes of at least 4 members (excludes halogenated alkanes) is 6. The Labute approximate surface area is 366 Å². The number of para-hydroxylation sites is 1. The largest absolute Gasteiger partial charge is 0.507 e. The van der Waals surface area contributed by atoms with Crippen molar-refractivity contribution in [2.45, 2.75) is 82.9 Å². The summed E-state index contributed by atoms with van der Waals surface area (Å²) in [5.41, 5.74) is 10.4. The molecule has 0 bridgehead atoms. The Morgan fingerprint density at radius 3 is 2.29 bits per heavy atom. The van der Waals surface area contributed by atoms with Crippen molar-refractivity contribution < 1.29 is 33.8 Å². The third-order valence-corrected chi connectivity index (χ3v) is 12.4. The summed E-state index contributed by atoms with van der Waals surface area (Å²) in [5, 5.41) is 24.1. The fourth-order valence-corrected chi connectivity index (χ4v) is 8.78. The number of benzene rings is 3. The second-order valence-electron chi connectivity index (χ2n) is 16.8. The van der Waals surface area contributed by atoms with Crippen molar-refractivity contribution >= 4 is 46.7 Å². The minimum Gasteiger partial charge on any atom is -0.507 e. The number of hydrogen-bond acceptors (Lipinski definition) is 13. The number of anilines is 3. The van der Waals surface area contributed by atoms with E-state index in [1.807, 2.05) is 29.2 Å². The average Bonchev–Trinajstić information content (AvgIpc) is 3.52. The third-order valence-electron chi connectivity index (χ3n) is 12.4. The Hall–Kier alpha value is -6.55. The van der Waals surface area contributed by atoms with Gasteiger partial charge in [0, 0.05) is 63.4 Å². The SMILES string of the molecule is Nc1nnc(-c2ccccc2O)cc1N1CC(Oc2ccc(CN3CCN(C(=O)CCCCCCCCCNc4cccc5c4C(=O)N(C4CCC(=O)NC4=O)C5=O)CC3)cc2)C1. The molecule has 4 aromatic rings. The Bertz CT molecular complexity index is 2330. The molecule has 4 aliphatic rings. The van der Waals surface area contributed by atoms with E-state index in [9.17, 15) is 29.1 Å². The summed E-state index contributed by atoms with van der Waals surface area (Å²) in [6.07, 6.45) is 7.90. The van der Waals surface area contributed by atoms with Gasteiger partial charge in [-0.25, -0.2) is 0 Å². The molecule has 5 amide bonds. The molecule has 5 heterocycles. The second-order valence-corrected chi connectivity index (χ2v) is 16.8.